The van der Waals surface area contributed by atoms with E-state index in [9.17, 15) is 17.7 Å². The van der Waals surface area contributed by atoms with Gasteiger partial charge in [0.25, 0.3) is 0 Å². The second-order valence-electron chi connectivity index (χ2n) is 11.3. The first kappa shape index (κ1) is 29.4. The number of ether oxygens (including phenoxy) is 1. The molecule has 3 heterocycles. The number of fused-ring (bicyclic) bond motifs is 3. The van der Waals surface area contributed by atoms with E-state index < -0.39 is 28.3 Å². The molecule has 0 amide bonds. The third-order valence-corrected chi connectivity index (χ3v) is 12.0. The van der Waals surface area contributed by atoms with Gasteiger partial charge in [-0.2, -0.15) is 4.98 Å². The zero-order chi connectivity index (χ0) is 29.6. The van der Waals surface area contributed by atoms with Crippen molar-refractivity contribution in [1.29, 1.82) is 0 Å². The number of hydrogen-bond acceptors (Lipinski definition) is 8. The summed E-state index contributed by atoms with van der Waals surface area (Å²) in [5.74, 6) is 0.0537. The minimum Gasteiger partial charge on any atom is -0.414 e. The molecule has 0 spiro atoms. The Bertz CT molecular complexity index is 1540. The summed E-state index contributed by atoms with van der Waals surface area (Å²) < 4.78 is 61.2. The van der Waals surface area contributed by atoms with Crippen LogP contribution in [0.4, 0.5) is 36.3 Å². The molecule has 3 aromatic rings. The largest absolute Gasteiger partial charge is 0.573 e. The minimum atomic E-state index is -4.87. The molecule has 2 aromatic carbocycles. The van der Waals surface area contributed by atoms with Crippen molar-refractivity contribution in [1.82, 2.24) is 14.9 Å². The van der Waals surface area contributed by atoms with Gasteiger partial charge in [-0.15, -0.1) is 13.2 Å². The summed E-state index contributed by atoms with van der Waals surface area (Å²) >= 11 is 6.37. The van der Waals surface area contributed by atoms with Crippen molar-refractivity contribution in [3.05, 3.63) is 58.7 Å². The topological polar surface area (TPSA) is 88.6 Å². The second kappa shape index (κ2) is 11.5. The van der Waals surface area contributed by atoms with Gasteiger partial charge in [-0.25, -0.2) is 4.98 Å². The number of rotatable bonds is 7. The number of nitrogens with zero attached hydrogens (tertiary/aromatic N) is 3. The van der Waals surface area contributed by atoms with Crippen molar-refractivity contribution in [2.75, 3.05) is 36.7 Å². The molecule has 1 aromatic heterocycles. The average molecular weight is 637 g/mol. The smallest absolute Gasteiger partial charge is 0.414 e. The molecule has 2 bridgehead atoms. The summed E-state index contributed by atoms with van der Waals surface area (Å²) in [6.07, 6.45) is 2.05. The highest BCUT2D eigenvalue weighted by molar-refractivity contribution is 7.70. The van der Waals surface area contributed by atoms with E-state index in [0.717, 1.165) is 56.3 Å². The number of anilines is 4. The lowest BCUT2D eigenvalue weighted by atomic mass is 10.0. The standard InChI is InChI=1S/C28H31ClF3N5O3PSi/c1-41(2,38)25-12-22(40-28(30,31)32)9-10-24(25)35-26-23(29)13-33-27(36-26)34-19-6-3-17-4-7-20(8-5-18(17)11-19)37-16-42-15-21(37)14-39-42/h3,6,9-13,20-21H,4-5,7-8,14-16H2,1-2H3,(H2,33,34,35,36)/t20-,21-/m1/s1. The quantitative estimate of drug-likeness (QED) is 0.179. The van der Waals surface area contributed by atoms with Gasteiger partial charge < -0.3 is 24.4 Å². The number of nitrogens with one attached hydrogen (secondary N) is 2. The molecule has 42 heavy (non-hydrogen) atoms. The molecule has 0 saturated carbocycles. The van der Waals surface area contributed by atoms with Crippen molar-refractivity contribution >= 4 is 56.2 Å². The molecule has 2 N–H and O–H groups in total. The van der Waals surface area contributed by atoms with Gasteiger partial charge >= 0.3 is 6.36 Å². The highest BCUT2D eigenvalue weighted by Gasteiger charge is 2.44. The van der Waals surface area contributed by atoms with Gasteiger partial charge in [0, 0.05) is 35.9 Å². The number of aryl methyl sites for hydroxylation is 2. The fourth-order valence-corrected chi connectivity index (χ4v) is 9.86. The SMILES string of the molecule is CP(C)(=O)c1cc(OC(F)(F)F)ccc1Nc1nc(Nc2ccc3c(c2)CC[C@H](N2C[Si]4C[C@H]2CO4)CC3)ncc1Cl. The van der Waals surface area contributed by atoms with E-state index in [1.165, 1.54) is 42.8 Å². The Hall–Kier alpha value is -2.63. The molecule has 2 aliphatic heterocycles. The summed E-state index contributed by atoms with van der Waals surface area (Å²) in [6, 6.07) is 12.4. The third kappa shape index (κ3) is 6.63. The Labute approximate surface area is 249 Å². The first-order chi connectivity index (χ1) is 19.9. The maximum Gasteiger partial charge on any atom is 0.573 e. The van der Waals surface area contributed by atoms with Gasteiger partial charge in [-0.1, -0.05) is 17.7 Å². The molecule has 1 aliphatic carbocycles. The fraction of sp³-hybridized carbons (Fsp3) is 0.429. The predicted molar refractivity (Wildman–Crippen MR) is 160 cm³/mol. The van der Waals surface area contributed by atoms with E-state index >= 15 is 0 Å². The van der Waals surface area contributed by atoms with Crippen LogP contribution in [0.2, 0.25) is 11.1 Å². The number of aromatic nitrogens is 2. The van der Waals surface area contributed by atoms with Crippen LogP contribution >= 0.6 is 18.7 Å². The summed E-state index contributed by atoms with van der Waals surface area (Å²) in [7, 11) is -3.63. The van der Waals surface area contributed by atoms with Crippen LogP contribution in [0.1, 0.15) is 24.0 Å². The van der Waals surface area contributed by atoms with Crippen LogP contribution in [0, 0.1) is 0 Å². The van der Waals surface area contributed by atoms with Gasteiger partial charge in [0.2, 0.25) is 15.0 Å². The van der Waals surface area contributed by atoms with E-state index in [-0.39, 0.29) is 16.1 Å². The van der Waals surface area contributed by atoms with Crippen LogP contribution in [0.5, 0.6) is 5.75 Å². The van der Waals surface area contributed by atoms with Crippen molar-refractivity contribution < 1.29 is 26.9 Å². The van der Waals surface area contributed by atoms with Gasteiger partial charge in [-0.05, 0) is 86.5 Å². The van der Waals surface area contributed by atoms with Crippen molar-refractivity contribution in [3.8, 4) is 5.75 Å². The van der Waals surface area contributed by atoms with Gasteiger partial charge in [-0.3, -0.25) is 4.90 Å². The van der Waals surface area contributed by atoms with Crippen LogP contribution < -0.4 is 20.7 Å². The average Bonchev–Trinajstić information content (AvgIpc) is 3.49. The Morgan fingerprint density at radius 3 is 2.57 bits per heavy atom. The monoisotopic (exact) mass is 636 g/mol. The summed E-state index contributed by atoms with van der Waals surface area (Å²) in [6.45, 7) is 3.83. The highest BCUT2D eigenvalue weighted by Crippen LogP contribution is 2.41. The van der Waals surface area contributed by atoms with Crippen LogP contribution in [0.15, 0.2) is 42.6 Å². The Balaban J connectivity index is 1.17. The maximum atomic E-state index is 12.9. The predicted octanol–water partition coefficient (Wildman–Crippen LogP) is 6.26. The first-order valence-electron chi connectivity index (χ1n) is 13.8. The van der Waals surface area contributed by atoms with Gasteiger partial charge in [0.1, 0.15) is 17.9 Å². The lowest BCUT2D eigenvalue weighted by Gasteiger charge is -2.34. The van der Waals surface area contributed by atoms with E-state index in [4.69, 9.17) is 16.0 Å². The van der Waals surface area contributed by atoms with Crippen LogP contribution in [0.25, 0.3) is 0 Å². The number of halogens is 4. The first-order valence-corrected chi connectivity index (χ1v) is 18.6. The van der Waals surface area contributed by atoms with Crippen LogP contribution in [-0.4, -0.2) is 68.5 Å². The molecule has 3 aliphatic rings. The Morgan fingerprint density at radius 1 is 1.10 bits per heavy atom. The molecule has 2 saturated heterocycles. The molecule has 1 radical (unpaired) electrons. The second-order valence-corrected chi connectivity index (χ2v) is 17.0. The zero-order valence-electron chi connectivity index (χ0n) is 23.2. The van der Waals surface area contributed by atoms with Crippen LogP contribution in [-0.2, 0) is 21.8 Å². The lowest BCUT2D eigenvalue weighted by molar-refractivity contribution is -0.274. The maximum absolute atomic E-state index is 12.9. The zero-order valence-corrected chi connectivity index (χ0v) is 25.8. The Kier molecular flexibility index (Phi) is 8.03. The highest BCUT2D eigenvalue weighted by atomic mass is 35.5. The Morgan fingerprint density at radius 2 is 1.88 bits per heavy atom. The van der Waals surface area contributed by atoms with Crippen molar-refractivity contribution in [2.24, 2.45) is 0 Å². The van der Waals surface area contributed by atoms with E-state index in [2.05, 4.69) is 42.4 Å². The molecule has 6 rings (SSSR count). The fourth-order valence-electron chi connectivity index (χ4n) is 6.01. The molecule has 14 heteroatoms. The van der Waals surface area contributed by atoms with Crippen molar-refractivity contribution in [2.45, 2.75) is 50.2 Å². The van der Waals surface area contributed by atoms with E-state index in [1.807, 2.05) is 6.07 Å². The number of benzene rings is 2. The van der Waals surface area contributed by atoms with Gasteiger partial charge in [0.15, 0.2) is 5.82 Å². The van der Waals surface area contributed by atoms with Crippen molar-refractivity contribution in [3.63, 3.8) is 0 Å². The number of alkyl halides is 3. The molecule has 0 unspecified atom stereocenters. The molecule has 2 fully saturated rings. The van der Waals surface area contributed by atoms with E-state index in [0.29, 0.717) is 23.7 Å². The molecular formula is C28H31ClF3N5O3PSi. The molecule has 223 valence electrons. The third-order valence-electron chi connectivity index (χ3n) is 7.98. The molecule has 8 nitrogen and oxygen atoms in total. The number of hydrogen-bond donors (Lipinski definition) is 2. The normalized spacial score (nSPS) is 21.2. The molecular weight excluding hydrogens is 606 g/mol. The summed E-state index contributed by atoms with van der Waals surface area (Å²) in [4.78, 5) is 11.5. The minimum absolute atomic E-state index is 0.175. The molecule has 2 atom stereocenters. The lowest BCUT2D eigenvalue weighted by Crippen LogP contribution is -2.45. The van der Waals surface area contributed by atoms with E-state index in [1.54, 1.807) is 0 Å². The summed E-state index contributed by atoms with van der Waals surface area (Å²) in [5.41, 5.74) is 3.84. The van der Waals surface area contributed by atoms with Gasteiger partial charge in [0.05, 0.1) is 11.9 Å². The van der Waals surface area contributed by atoms with Crippen LogP contribution in [0.3, 0.4) is 0 Å². The summed E-state index contributed by atoms with van der Waals surface area (Å²) in [5, 5.41) is 6.64.